The molecule has 0 radical (unpaired) electrons. The highest BCUT2D eigenvalue weighted by molar-refractivity contribution is 6.42. The maximum atomic E-state index is 10.4. The van der Waals surface area contributed by atoms with Crippen molar-refractivity contribution in [2.24, 2.45) is 0 Å². The molecular formula is C10H8Cl2N2O2. The number of aliphatic carboxylic acids is 1. The minimum absolute atomic E-state index is 0.293. The van der Waals surface area contributed by atoms with Crippen LogP contribution in [0.15, 0.2) is 18.2 Å². The SMILES string of the molecule is N#CC(NCC(=O)O)c1ccc(Cl)c(Cl)c1. The minimum Gasteiger partial charge on any atom is -0.480 e. The van der Waals surface area contributed by atoms with Gasteiger partial charge in [-0.05, 0) is 17.7 Å². The number of carboxylic acid groups (broad SMARTS) is 1. The van der Waals surface area contributed by atoms with Gasteiger partial charge >= 0.3 is 5.97 Å². The molecule has 0 bridgehead atoms. The summed E-state index contributed by atoms with van der Waals surface area (Å²) in [6.45, 7) is -0.293. The first kappa shape index (κ1) is 12.8. The van der Waals surface area contributed by atoms with E-state index in [-0.39, 0.29) is 6.54 Å². The Balaban J connectivity index is 2.84. The molecule has 0 saturated heterocycles. The molecule has 0 aromatic heterocycles. The third-order valence-electron chi connectivity index (χ3n) is 1.86. The summed E-state index contributed by atoms with van der Waals surface area (Å²) in [6, 6.07) is 5.95. The van der Waals surface area contributed by atoms with Gasteiger partial charge in [0.1, 0.15) is 6.04 Å². The van der Waals surface area contributed by atoms with E-state index in [2.05, 4.69) is 5.32 Å². The van der Waals surface area contributed by atoms with Crippen molar-refractivity contribution in [2.75, 3.05) is 6.54 Å². The average molecular weight is 259 g/mol. The van der Waals surface area contributed by atoms with Gasteiger partial charge in [0.05, 0.1) is 22.7 Å². The highest BCUT2D eigenvalue weighted by Gasteiger charge is 2.12. The highest BCUT2D eigenvalue weighted by Crippen LogP contribution is 2.25. The smallest absolute Gasteiger partial charge is 0.317 e. The second-order valence-corrected chi connectivity index (χ2v) is 3.82. The molecule has 1 aromatic carbocycles. The van der Waals surface area contributed by atoms with Gasteiger partial charge in [-0.2, -0.15) is 5.26 Å². The number of hydrogen-bond acceptors (Lipinski definition) is 3. The number of carbonyl (C=O) groups is 1. The van der Waals surface area contributed by atoms with Crippen molar-refractivity contribution in [3.05, 3.63) is 33.8 Å². The van der Waals surface area contributed by atoms with E-state index in [1.807, 2.05) is 6.07 Å². The normalized spacial score (nSPS) is 11.8. The minimum atomic E-state index is -1.03. The maximum absolute atomic E-state index is 10.4. The van der Waals surface area contributed by atoms with E-state index < -0.39 is 12.0 Å². The molecular weight excluding hydrogens is 251 g/mol. The molecule has 0 fully saturated rings. The van der Waals surface area contributed by atoms with Crippen LogP contribution in [0.3, 0.4) is 0 Å². The Morgan fingerprint density at radius 3 is 2.69 bits per heavy atom. The molecule has 1 unspecified atom stereocenters. The lowest BCUT2D eigenvalue weighted by atomic mass is 10.1. The zero-order chi connectivity index (χ0) is 12.1. The first-order valence-corrected chi connectivity index (χ1v) is 5.10. The second-order valence-electron chi connectivity index (χ2n) is 3.01. The van der Waals surface area contributed by atoms with Crippen molar-refractivity contribution in [2.45, 2.75) is 6.04 Å². The van der Waals surface area contributed by atoms with Crippen LogP contribution in [0, 0.1) is 11.3 Å². The Bertz CT molecular complexity index is 443. The monoisotopic (exact) mass is 258 g/mol. The predicted octanol–water partition coefficient (Wildman–Crippen LogP) is 2.23. The van der Waals surface area contributed by atoms with Gasteiger partial charge in [0.25, 0.3) is 0 Å². The number of rotatable bonds is 4. The summed E-state index contributed by atoms with van der Waals surface area (Å²) in [5.41, 5.74) is 0.582. The maximum Gasteiger partial charge on any atom is 0.317 e. The fourth-order valence-corrected chi connectivity index (χ4v) is 1.43. The number of nitrogens with one attached hydrogen (secondary N) is 1. The van der Waals surface area contributed by atoms with Gasteiger partial charge < -0.3 is 5.11 Å². The van der Waals surface area contributed by atoms with Gasteiger partial charge in [-0.15, -0.1) is 0 Å². The molecule has 2 N–H and O–H groups in total. The summed E-state index contributed by atoms with van der Waals surface area (Å²) in [4.78, 5) is 10.4. The van der Waals surface area contributed by atoms with Gasteiger partial charge in [0, 0.05) is 0 Å². The molecule has 0 aliphatic carbocycles. The summed E-state index contributed by atoms with van der Waals surface area (Å²) in [7, 11) is 0. The van der Waals surface area contributed by atoms with Crippen LogP contribution < -0.4 is 5.32 Å². The van der Waals surface area contributed by atoms with Crippen molar-refractivity contribution in [3.63, 3.8) is 0 Å². The molecule has 16 heavy (non-hydrogen) atoms. The zero-order valence-corrected chi connectivity index (χ0v) is 9.59. The second kappa shape index (κ2) is 5.71. The van der Waals surface area contributed by atoms with Crippen molar-refractivity contribution in [1.82, 2.24) is 5.32 Å². The number of nitriles is 1. The van der Waals surface area contributed by atoms with Gasteiger partial charge in [-0.1, -0.05) is 29.3 Å². The fourth-order valence-electron chi connectivity index (χ4n) is 1.12. The van der Waals surface area contributed by atoms with Gasteiger partial charge in [-0.3, -0.25) is 10.1 Å². The molecule has 1 aromatic rings. The summed E-state index contributed by atoms with van der Waals surface area (Å²) < 4.78 is 0. The molecule has 6 heteroatoms. The molecule has 1 atom stereocenters. The molecule has 0 spiro atoms. The summed E-state index contributed by atoms with van der Waals surface area (Å²) in [5, 5.41) is 20.6. The lowest BCUT2D eigenvalue weighted by molar-refractivity contribution is -0.136. The fraction of sp³-hybridized carbons (Fsp3) is 0.200. The van der Waals surface area contributed by atoms with Crippen molar-refractivity contribution < 1.29 is 9.90 Å². The molecule has 84 valence electrons. The van der Waals surface area contributed by atoms with Crippen LogP contribution in [-0.2, 0) is 4.79 Å². The van der Waals surface area contributed by atoms with E-state index in [0.29, 0.717) is 15.6 Å². The first-order valence-electron chi connectivity index (χ1n) is 4.34. The lowest BCUT2D eigenvalue weighted by Crippen LogP contribution is -2.26. The predicted molar refractivity (Wildman–Crippen MR) is 60.5 cm³/mol. The van der Waals surface area contributed by atoms with Crippen LogP contribution >= 0.6 is 23.2 Å². The van der Waals surface area contributed by atoms with E-state index in [1.54, 1.807) is 12.1 Å². The van der Waals surface area contributed by atoms with Crippen LogP contribution in [-0.4, -0.2) is 17.6 Å². The largest absolute Gasteiger partial charge is 0.480 e. The zero-order valence-electron chi connectivity index (χ0n) is 8.08. The Morgan fingerprint density at radius 1 is 1.50 bits per heavy atom. The summed E-state index contributed by atoms with van der Waals surface area (Å²) >= 11 is 11.5. The molecule has 0 aliphatic rings. The average Bonchev–Trinajstić information content (AvgIpc) is 2.23. The number of hydrogen-bond donors (Lipinski definition) is 2. The van der Waals surface area contributed by atoms with Crippen molar-refractivity contribution >= 4 is 29.2 Å². The van der Waals surface area contributed by atoms with E-state index in [0.717, 1.165) is 0 Å². The molecule has 1 rings (SSSR count). The number of carboxylic acids is 1. The first-order chi connectivity index (χ1) is 7.54. The third-order valence-corrected chi connectivity index (χ3v) is 2.60. The Morgan fingerprint density at radius 2 is 2.19 bits per heavy atom. The van der Waals surface area contributed by atoms with Crippen LogP contribution in [0.4, 0.5) is 0 Å². The van der Waals surface area contributed by atoms with E-state index >= 15 is 0 Å². The Labute approximate surface area is 102 Å². The van der Waals surface area contributed by atoms with E-state index in [1.165, 1.54) is 6.07 Å². The molecule has 0 aliphatic heterocycles. The van der Waals surface area contributed by atoms with Gasteiger partial charge in [-0.25, -0.2) is 0 Å². The van der Waals surface area contributed by atoms with Crippen molar-refractivity contribution in [1.29, 1.82) is 5.26 Å². The Hall–Kier alpha value is -1.28. The standard InChI is InChI=1S/C10H8Cl2N2O2/c11-7-2-1-6(3-8(7)12)9(4-13)14-5-10(15)16/h1-3,9,14H,5H2,(H,15,16). The summed E-state index contributed by atoms with van der Waals surface area (Å²) in [6.07, 6.45) is 0. The van der Waals surface area contributed by atoms with E-state index in [9.17, 15) is 4.79 Å². The van der Waals surface area contributed by atoms with Crippen LogP contribution in [0.1, 0.15) is 11.6 Å². The number of benzene rings is 1. The molecule has 0 saturated carbocycles. The molecule has 0 amide bonds. The summed E-state index contributed by atoms with van der Waals surface area (Å²) in [5.74, 6) is -1.03. The van der Waals surface area contributed by atoms with Gasteiger partial charge in [0.15, 0.2) is 0 Å². The lowest BCUT2D eigenvalue weighted by Gasteiger charge is -2.10. The number of nitrogens with zero attached hydrogens (tertiary/aromatic N) is 1. The number of halogens is 2. The van der Waals surface area contributed by atoms with E-state index in [4.69, 9.17) is 33.6 Å². The topological polar surface area (TPSA) is 73.1 Å². The Kier molecular flexibility index (Phi) is 4.56. The quantitative estimate of drug-likeness (QED) is 0.869. The van der Waals surface area contributed by atoms with Crippen molar-refractivity contribution in [3.8, 4) is 6.07 Å². The van der Waals surface area contributed by atoms with Crippen LogP contribution in [0.25, 0.3) is 0 Å². The van der Waals surface area contributed by atoms with Crippen LogP contribution in [0.2, 0.25) is 10.0 Å². The molecule has 0 heterocycles. The van der Waals surface area contributed by atoms with Gasteiger partial charge in [0.2, 0.25) is 0 Å². The third kappa shape index (κ3) is 3.38. The molecule has 4 nitrogen and oxygen atoms in total. The van der Waals surface area contributed by atoms with Crippen LogP contribution in [0.5, 0.6) is 0 Å². The highest BCUT2D eigenvalue weighted by atomic mass is 35.5.